The number of rotatable bonds is 6. The molecule has 0 aliphatic heterocycles. The highest BCUT2D eigenvalue weighted by molar-refractivity contribution is 7.14. The maximum atomic E-state index is 11.9. The van der Waals surface area contributed by atoms with Gasteiger partial charge < -0.3 is 4.74 Å². The van der Waals surface area contributed by atoms with Crippen molar-refractivity contribution in [3.63, 3.8) is 0 Å². The number of hydrogen-bond acceptors (Lipinski definition) is 5. The van der Waals surface area contributed by atoms with Gasteiger partial charge in [0.15, 0.2) is 5.13 Å². The molecule has 2 aliphatic carbocycles. The van der Waals surface area contributed by atoms with E-state index in [1.807, 2.05) is 4.90 Å². The molecule has 2 atom stereocenters. The number of anilines is 1. The minimum absolute atomic E-state index is 0.0590. The van der Waals surface area contributed by atoms with Crippen LogP contribution < -0.4 is 4.90 Å². The Morgan fingerprint density at radius 1 is 1.42 bits per heavy atom. The monoisotopic (exact) mass is 351 g/mol. The normalized spacial score (nSPS) is 28.7. The maximum Gasteiger partial charge on any atom is 0.225 e. The van der Waals surface area contributed by atoms with Crippen LogP contribution in [0.3, 0.4) is 0 Å². The van der Waals surface area contributed by atoms with Gasteiger partial charge in [-0.25, -0.2) is 4.98 Å². The second-order valence-electron chi connectivity index (χ2n) is 8.03. The third kappa shape index (κ3) is 2.89. The first-order valence-corrected chi connectivity index (χ1v) is 9.57. The maximum absolute atomic E-state index is 11.9. The fourth-order valence-corrected chi connectivity index (χ4v) is 4.82. The SMILES string of the molecule is CO[C@@]1(C)C[C@@H](N(C)Cc2csc(N(C(C)=O)C3CC3)n2)C1(C)C. The smallest absolute Gasteiger partial charge is 0.225 e. The summed E-state index contributed by atoms with van der Waals surface area (Å²) in [7, 11) is 3.96. The standard InChI is InChI=1S/C18H29N3O2S/c1-12(22)21(14-7-8-14)16-19-13(11-24-16)10-20(5)15-9-18(4,23-6)17(15,2)3/h11,14-15H,7-10H2,1-6H3/t15-,18+/m1/s1. The van der Waals surface area contributed by atoms with Crippen LogP contribution in [0.15, 0.2) is 5.38 Å². The molecule has 2 aliphatic rings. The topological polar surface area (TPSA) is 45.7 Å². The first kappa shape index (κ1) is 17.8. The molecule has 1 aromatic rings. The van der Waals surface area contributed by atoms with E-state index in [1.165, 1.54) is 0 Å². The summed E-state index contributed by atoms with van der Waals surface area (Å²) >= 11 is 1.58. The highest BCUT2D eigenvalue weighted by Gasteiger charge is 2.58. The van der Waals surface area contributed by atoms with Crippen LogP contribution in [0.25, 0.3) is 0 Å². The van der Waals surface area contributed by atoms with Crippen molar-refractivity contribution in [1.29, 1.82) is 0 Å². The molecule has 1 heterocycles. The Morgan fingerprint density at radius 2 is 2.08 bits per heavy atom. The quantitative estimate of drug-likeness (QED) is 0.789. The summed E-state index contributed by atoms with van der Waals surface area (Å²) in [5.74, 6) is 0.0998. The zero-order valence-corrected chi connectivity index (χ0v) is 16.4. The van der Waals surface area contributed by atoms with Gasteiger partial charge in [0.25, 0.3) is 0 Å². The number of aromatic nitrogens is 1. The third-order valence-electron chi connectivity index (χ3n) is 6.17. The Balaban J connectivity index is 1.66. The van der Waals surface area contributed by atoms with Crippen molar-refractivity contribution in [2.75, 3.05) is 19.1 Å². The summed E-state index contributed by atoms with van der Waals surface area (Å²) in [5.41, 5.74) is 1.09. The Hall–Kier alpha value is -0.980. The largest absolute Gasteiger partial charge is 0.378 e. The molecule has 0 spiro atoms. The lowest BCUT2D eigenvalue weighted by Gasteiger charge is -2.61. The molecular weight excluding hydrogens is 322 g/mol. The number of thiazole rings is 1. The predicted molar refractivity (Wildman–Crippen MR) is 97.4 cm³/mol. The van der Waals surface area contributed by atoms with Crippen LogP contribution in [-0.4, -0.2) is 47.6 Å². The number of amides is 1. The minimum atomic E-state index is -0.0590. The molecule has 0 unspecified atom stereocenters. The summed E-state index contributed by atoms with van der Waals surface area (Å²) in [6.45, 7) is 9.18. The van der Waals surface area contributed by atoms with E-state index in [2.05, 4.69) is 38.1 Å². The number of methoxy groups -OCH3 is 1. The average molecular weight is 352 g/mol. The van der Waals surface area contributed by atoms with Crippen LogP contribution in [0, 0.1) is 5.41 Å². The number of carbonyl (C=O) groups is 1. The minimum Gasteiger partial charge on any atom is -0.378 e. The Morgan fingerprint density at radius 3 is 2.58 bits per heavy atom. The number of nitrogens with zero attached hydrogens (tertiary/aromatic N) is 3. The van der Waals surface area contributed by atoms with E-state index < -0.39 is 0 Å². The molecule has 0 radical (unpaired) electrons. The van der Waals surface area contributed by atoms with E-state index in [-0.39, 0.29) is 16.9 Å². The highest BCUT2D eigenvalue weighted by atomic mass is 32.1. The molecule has 0 aromatic carbocycles. The Labute approximate surface area is 149 Å². The van der Waals surface area contributed by atoms with Crippen LogP contribution >= 0.6 is 11.3 Å². The number of ether oxygens (including phenoxy) is 1. The third-order valence-corrected chi connectivity index (χ3v) is 7.06. The lowest BCUT2D eigenvalue weighted by Crippen LogP contribution is -2.67. The lowest BCUT2D eigenvalue weighted by molar-refractivity contribution is -0.207. The van der Waals surface area contributed by atoms with Crippen molar-refractivity contribution in [2.24, 2.45) is 5.41 Å². The average Bonchev–Trinajstić information content (AvgIpc) is 3.23. The molecular formula is C18H29N3O2S. The summed E-state index contributed by atoms with van der Waals surface area (Å²) < 4.78 is 5.73. The van der Waals surface area contributed by atoms with E-state index in [9.17, 15) is 4.79 Å². The molecule has 0 saturated heterocycles. The molecule has 1 aromatic heterocycles. The van der Waals surface area contributed by atoms with Crippen molar-refractivity contribution >= 4 is 22.4 Å². The molecule has 1 amide bonds. The van der Waals surface area contributed by atoms with Crippen molar-refractivity contribution in [1.82, 2.24) is 9.88 Å². The number of carbonyl (C=O) groups excluding carboxylic acids is 1. The van der Waals surface area contributed by atoms with Gasteiger partial charge in [0.05, 0.1) is 11.3 Å². The Bertz CT molecular complexity index is 626. The van der Waals surface area contributed by atoms with Crippen LogP contribution in [0.2, 0.25) is 0 Å². The molecule has 0 N–H and O–H groups in total. The van der Waals surface area contributed by atoms with E-state index >= 15 is 0 Å². The van der Waals surface area contributed by atoms with E-state index in [1.54, 1.807) is 25.4 Å². The second kappa shape index (κ2) is 6.07. The van der Waals surface area contributed by atoms with Crippen molar-refractivity contribution in [2.45, 2.75) is 71.2 Å². The van der Waals surface area contributed by atoms with E-state index in [0.717, 1.165) is 36.6 Å². The summed E-state index contributed by atoms with van der Waals surface area (Å²) in [6, 6.07) is 0.840. The zero-order chi connectivity index (χ0) is 17.7. The van der Waals surface area contributed by atoms with Crippen LogP contribution in [0.5, 0.6) is 0 Å². The van der Waals surface area contributed by atoms with Crippen LogP contribution in [0.1, 0.15) is 52.7 Å². The van der Waals surface area contributed by atoms with Gasteiger partial charge >= 0.3 is 0 Å². The molecule has 24 heavy (non-hydrogen) atoms. The molecule has 0 bridgehead atoms. The summed E-state index contributed by atoms with van der Waals surface area (Å²) in [4.78, 5) is 20.8. The van der Waals surface area contributed by atoms with E-state index in [4.69, 9.17) is 9.72 Å². The fraction of sp³-hybridized carbons (Fsp3) is 0.778. The molecule has 5 nitrogen and oxygen atoms in total. The molecule has 134 valence electrons. The molecule has 6 heteroatoms. The highest BCUT2D eigenvalue weighted by Crippen LogP contribution is 2.53. The van der Waals surface area contributed by atoms with Crippen LogP contribution in [-0.2, 0) is 16.1 Å². The van der Waals surface area contributed by atoms with Crippen molar-refractivity contribution in [3.8, 4) is 0 Å². The second-order valence-corrected chi connectivity index (χ2v) is 8.87. The van der Waals surface area contributed by atoms with Crippen molar-refractivity contribution < 1.29 is 9.53 Å². The molecule has 2 saturated carbocycles. The van der Waals surface area contributed by atoms with E-state index in [0.29, 0.717) is 12.1 Å². The number of hydrogen-bond donors (Lipinski definition) is 0. The fourth-order valence-electron chi connectivity index (χ4n) is 3.89. The van der Waals surface area contributed by atoms with Gasteiger partial charge in [0.1, 0.15) is 0 Å². The Kier molecular flexibility index (Phi) is 4.51. The summed E-state index contributed by atoms with van der Waals surface area (Å²) in [5, 5.41) is 2.94. The van der Waals surface area contributed by atoms with Crippen molar-refractivity contribution in [3.05, 3.63) is 11.1 Å². The first-order valence-electron chi connectivity index (χ1n) is 8.69. The molecule has 3 rings (SSSR count). The predicted octanol–water partition coefficient (Wildman–Crippen LogP) is 3.29. The molecule has 2 fully saturated rings. The van der Waals surface area contributed by atoms with Gasteiger partial charge in [-0.05, 0) is 33.2 Å². The van der Waals surface area contributed by atoms with Gasteiger partial charge in [-0.15, -0.1) is 11.3 Å². The van der Waals surface area contributed by atoms with Crippen LogP contribution in [0.4, 0.5) is 5.13 Å². The zero-order valence-electron chi connectivity index (χ0n) is 15.6. The van der Waals surface area contributed by atoms with Gasteiger partial charge in [0, 0.05) is 43.5 Å². The summed E-state index contributed by atoms with van der Waals surface area (Å²) in [6.07, 6.45) is 3.23. The van der Waals surface area contributed by atoms with Gasteiger partial charge in [-0.2, -0.15) is 0 Å². The first-order chi connectivity index (χ1) is 11.2. The van der Waals surface area contributed by atoms with Gasteiger partial charge in [0.2, 0.25) is 5.91 Å². The van der Waals surface area contributed by atoms with Gasteiger partial charge in [-0.1, -0.05) is 13.8 Å². The lowest BCUT2D eigenvalue weighted by atomic mass is 9.55. The van der Waals surface area contributed by atoms with Gasteiger partial charge in [-0.3, -0.25) is 14.6 Å².